The molecule has 1 aromatic carbocycles. The maximum absolute atomic E-state index is 12.9. The summed E-state index contributed by atoms with van der Waals surface area (Å²) < 4.78 is 12.9. The van der Waals surface area contributed by atoms with Gasteiger partial charge in [0, 0.05) is 24.7 Å². The van der Waals surface area contributed by atoms with Crippen molar-refractivity contribution in [1.29, 1.82) is 0 Å². The summed E-state index contributed by atoms with van der Waals surface area (Å²) in [6.07, 6.45) is 5.50. The molecule has 0 aliphatic rings. The number of nitro groups is 1. The number of hydrogen-bond donors (Lipinski definition) is 1. The van der Waals surface area contributed by atoms with Crippen LogP contribution >= 0.6 is 0 Å². The topological polar surface area (TPSA) is 55.2 Å². The van der Waals surface area contributed by atoms with Gasteiger partial charge in [0.15, 0.2) is 0 Å². The van der Waals surface area contributed by atoms with Crippen LogP contribution in [-0.4, -0.2) is 11.5 Å². The molecule has 1 rings (SSSR count). The third-order valence-electron chi connectivity index (χ3n) is 1.69. The highest BCUT2D eigenvalue weighted by molar-refractivity contribution is 5.51. The quantitative estimate of drug-likeness (QED) is 0.357. The summed E-state index contributed by atoms with van der Waals surface area (Å²) in [4.78, 5) is 9.77. The van der Waals surface area contributed by atoms with Crippen LogP contribution in [0.3, 0.4) is 0 Å². The summed E-state index contributed by atoms with van der Waals surface area (Å²) in [5.41, 5.74) is 0.0788. The van der Waals surface area contributed by atoms with E-state index >= 15 is 0 Å². The lowest BCUT2D eigenvalue weighted by Crippen LogP contribution is -2.01. The molecule has 1 N–H and O–H groups in total. The molecule has 0 fully saturated rings. The zero-order valence-corrected chi connectivity index (χ0v) is 7.87. The van der Waals surface area contributed by atoms with E-state index in [1.807, 2.05) is 0 Å². The molecule has 0 aliphatic heterocycles. The van der Waals surface area contributed by atoms with E-state index < -0.39 is 10.7 Å². The molecule has 15 heavy (non-hydrogen) atoms. The van der Waals surface area contributed by atoms with Crippen molar-refractivity contribution in [1.82, 2.24) is 0 Å². The fourth-order valence-corrected chi connectivity index (χ4v) is 1.06. The fraction of sp³-hybridized carbons (Fsp3) is 0.200. The molecule has 78 valence electrons. The first-order valence-corrected chi connectivity index (χ1v) is 4.26. The second-order valence-electron chi connectivity index (χ2n) is 2.84. The lowest BCUT2D eigenvalue weighted by atomic mass is 10.2. The Hall–Kier alpha value is -2.09. The molecule has 0 bridgehead atoms. The van der Waals surface area contributed by atoms with Crippen LogP contribution in [0.1, 0.15) is 6.42 Å². The van der Waals surface area contributed by atoms with E-state index in [0.29, 0.717) is 18.7 Å². The molecule has 0 atom stereocenters. The Morgan fingerprint density at radius 1 is 1.53 bits per heavy atom. The molecule has 0 amide bonds. The molecular weight excluding hydrogens is 199 g/mol. The van der Waals surface area contributed by atoms with Gasteiger partial charge in [-0.15, -0.1) is 12.3 Å². The fourth-order valence-electron chi connectivity index (χ4n) is 1.06. The molecule has 4 nitrogen and oxygen atoms in total. The predicted molar refractivity (Wildman–Crippen MR) is 55.0 cm³/mol. The summed E-state index contributed by atoms with van der Waals surface area (Å²) in [6, 6.07) is 3.31. The number of nitrogens with zero attached hydrogens (tertiary/aromatic N) is 1. The first-order valence-electron chi connectivity index (χ1n) is 4.26. The largest absolute Gasteiger partial charge is 0.384 e. The van der Waals surface area contributed by atoms with Crippen molar-refractivity contribution < 1.29 is 9.31 Å². The van der Waals surface area contributed by atoms with E-state index in [0.717, 1.165) is 6.07 Å². The monoisotopic (exact) mass is 208 g/mol. The maximum Gasteiger partial charge on any atom is 0.274 e. The van der Waals surface area contributed by atoms with Crippen molar-refractivity contribution in [3.63, 3.8) is 0 Å². The highest BCUT2D eigenvalue weighted by Crippen LogP contribution is 2.19. The zero-order valence-electron chi connectivity index (χ0n) is 7.87. The number of rotatable bonds is 4. The molecule has 0 unspecified atom stereocenters. The predicted octanol–water partition coefficient (Wildman–Crippen LogP) is 2.17. The molecular formula is C10H9FN2O2. The smallest absolute Gasteiger partial charge is 0.274 e. The lowest BCUT2D eigenvalue weighted by Gasteiger charge is -2.03. The highest BCUT2D eigenvalue weighted by Gasteiger charge is 2.08. The Bertz CT molecular complexity index is 412. The second kappa shape index (κ2) is 4.96. The van der Waals surface area contributed by atoms with Crippen LogP contribution in [0.15, 0.2) is 18.2 Å². The van der Waals surface area contributed by atoms with Crippen molar-refractivity contribution in [2.24, 2.45) is 0 Å². The Kier molecular flexibility index (Phi) is 3.63. The number of nitrogens with one attached hydrogen (secondary N) is 1. The van der Waals surface area contributed by atoms with E-state index in [4.69, 9.17) is 6.42 Å². The minimum Gasteiger partial charge on any atom is -0.384 e. The Labute approximate surface area is 86.3 Å². The molecule has 0 radical (unpaired) electrons. The number of benzene rings is 1. The van der Waals surface area contributed by atoms with Crippen LogP contribution in [0.25, 0.3) is 0 Å². The van der Waals surface area contributed by atoms with Gasteiger partial charge in [-0.25, -0.2) is 4.39 Å². The maximum atomic E-state index is 12.9. The van der Waals surface area contributed by atoms with Crippen LogP contribution in [0.5, 0.6) is 0 Å². The van der Waals surface area contributed by atoms with Crippen molar-refractivity contribution in [3.05, 3.63) is 34.1 Å². The molecule has 1 aromatic rings. The molecule has 0 saturated heterocycles. The van der Waals surface area contributed by atoms with E-state index in [1.54, 1.807) is 0 Å². The molecule has 5 heteroatoms. The minimum absolute atomic E-state index is 0.279. The van der Waals surface area contributed by atoms with E-state index in [1.165, 1.54) is 12.1 Å². The van der Waals surface area contributed by atoms with Gasteiger partial charge in [-0.05, 0) is 6.07 Å². The summed E-state index contributed by atoms with van der Waals surface area (Å²) >= 11 is 0. The normalized spacial score (nSPS) is 9.33. The van der Waals surface area contributed by atoms with Gasteiger partial charge in [-0.3, -0.25) is 10.1 Å². The number of terminal acetylenes is 1. The van der Waals surface area contributed by atoms with Crippen molar-refractivity contribution in [2.75, 3.05) is 11.9 Å². The van der Waals surface area contributed by atoms with Crippen LogP contribution in [-0.2, 0) is 0 Å². The number of hydrogen-bond acceptors (Lipinski definition) is 3. The molecule has 0 heterocycles. The standard InChI is InChI=1S/C10H9FN2O2/c1-2-3-4-12-9-5-8(11)6-10(7-9)13(14)15/h1,5-7,12H,3-4H2. The van der Waals surface area contributed by atoms with Crippen LogP contribution in [0.2, 0.25) is 0 Å². The van der Waals surface area contributed by atoms with E-state index in [-0.39, 0.29) is 5.69 Å². The second-order valence-corrected chi connectivity index (χ2v) is 2.84. The molecule has 0 aromatic heterocycles. The van der Waals surface area contributed by atoms with Crippen LogP contribution in [0, 0.1) is 28.3 Å². The van der Waals surface area contributed by atoms with Crippen LogP contribution in [0.4, 0.5) is 15.8 Å². The van der Waals surface area contributed by atoms with Gasteiger partial charge in [0.1, 0.15) is 5.82 Å². The van der Waals surface area contributed by atoms with E-state index in [9.17, 15) is 14.5 Å². The third kappa shape index (κ3) is 3.27. The van der Waals surface area contributed by atoms with Gasteiger partial charge in [-0.1, -0.05) is 0 Å². The average Bonchev–Trinajstić information content (AvgIpc) is 2.17. The highest BCUT2D eigenvalue weighted by atomic mass is 19.1. The van der Waals surface area contributed by atoms with E-state index in [2.05, 4.69) is 11.2 Å². The number of nitro benzene ring substituents is 1. The SMILES string of the molecule is C#CCCNc1cc(F)cc([N+](=O)[O-])c1. The first kappa shape index (κ1) is 11.0. The summed E-state index contributed by atoms with van der Waals surface area (Å²) in [5, 5.41) is 13.2. The van der Waals surface area contributed by atoms with Gasteiger partial charge in [0.25, 0.3) is 5.69 Å². The zero-order chi connectivity index (χ0) is 11.3. The molecule has 0 aliphatic carbocycles. The first-order chi connectivity index (χ1) is 7.13. The Morgan fingerprint density at radius 2 is 2.27 bits per heavy atom. The summed E-state index contributed by atoms with van der Waals surface area (Å²) in [5.74, 6) is 1.75. The van der Waals surface area contributed by atoms with Crippen molar-refractivity contribution in [3.8, 4) is 12.3 Å². The van der Waals surface area contributed by atoms with Crippen molar-refractivity contribution >= 4 is 11.4 Å². The summed E-state index contributed by atoms with van der Waals surface area (Å²) in [7, 11) is 0. The average molecular weight is 208 g/mol. The lowest BCUT2D eigenvalue weighted by molar-refractivity contribution is -0.385. The number of non-ortho nitro benzene ring substituents is 1. The van der Waals surface area contributed by atoms with Gasteiger partial charge >= 0.3 is 0 Å². The van der Waals surface area contributed by atoms with Crippen LogP contribution < -0.4 is 5.32 Å². The molecule has 0 saturated carbocycles. The Morgan fingerprint density at radius 3 is 2.87 bits per heavy atom. The number of halogens is 1. The third-order valence-corrected chi connectivity index (χ3v) is 1.69. The summed E-state index contributed by atoms with van der Waals surface area (Å²) in [6.45, 7) is 0.455. The minimum atomic E-state index is -0.646. The number of anilines is 1. The Balaban J connectivity index is 2.80. The van der Waals surface area contributed by atoms with Gasteiger partial charge in [0.05, 0.1) is 11.0 Å². The van der Waals surface area contributed by atoms with Gasteiger partial charge in [0.2, 0.25) is 0 Å². The molecule has 0 spiro atoms. The van der Waals surface area contributed by atoms with Crippen molar-refractivity contribution in [2.45, 2.75) is 6.42 Å². The van der Waals surface area contributed by atoms with Gasteiger partial charge in [-0.2, -0.15) is 0 Å². The van der Waals surface area contributed by atoms with Gasteiger partial charge < -0.3 is 5.32 Å².